The Morgan fingerprint density at radius 3 is 2.63 bits per heavy atom. The zero-order chi connectivity index (χ0) is 13.8. The van der Waals surface area contributed by atoms with Crippen LogP contribution in [0.15, 0.2) is 42.5 Å². The van der Waals surface area contributed by atoms with E-state index >= 15 is 0 Å². The summed E-state index contributed by atoms with van der Waals surface area (Å²) in [6.45, 7) is 0.289. The van der Waals surface area contributed by atoms with Gasteiger partial charge in [0.25, 0.3) is 5.69 Å². The highest BCUT2D eigenvalue weighted by Gasteiger charge is 2.09. The number of halogens is 2. The monoisotopic (exact) mass is 280 g/mol. The fourth-order valence-corrected chi connectivity index (χ4v) is 1.83. The topological polar surface area (TPSA) is 55.2 Å². The molecular weight excluding hydrogens is 271 g/mol. The Labute approximate surface area is 114 Å². The maximum Gasteiger partial charge on any atom is 0.270 e. The molecule has 0 aliphatic carbocycles. The molecule has 0 aliphatic rings. The van der Waals surface area contributed by atoms with E-state index in [1.807, 2.05) is 0 Å². The zero-order valence-corrected chi connectivity index (χ0v) is 10.5. The SMILES string of the molecule is O=[N+]([O-])c1ccc(CNc2ccccc2F)c(Cl)c1. The minimum absolute atomic E-state index is 0.0698. The van der Waals surface area contributed by atoms with E-state index in [1.54, 1.807) is 24.3 Å². The lowest BCUT2D eigenvalue weighted by atomic mass is 10.2. The van der Waals surface area contributed by atoms with Crippen molar-refractivity contribution in [3.05, 3.63) is 69.0 Å². The molecular formula is C13H10ClFN2O2. The number of nitro benzene ring substituents is 1. The predicted octanol–water partition coefficient (Wildman–Crippen LogP) is 4.00. The fraction of sp³-hybridized carbons (Fsp3) is 0.0769. The van der Waals surface area contributed by atoms with Gasteiger partial charge < -0.3 is 5.32 Å². The molecule has 0 aliphatic heterocycles. The Morgan fingerprint density at radius 1 is 1.26 bits per heavy atom. The van der Waals surface area contributed by atoms with Crippen LogP contribution in [0.1, 0.15) is 5.56 Å². The highest BCUT2D eigenvalue weighted by molar-refractivity contribution is 6.31. The Morgan fingerprint density at radius 2 is 2.00 bits per heavy atom. The van der Waals surface area contributed by atoms with Crippen molar-refractivity contribution in [2.75, 3.05) is 5.32 Å². The molecule has 0 fully saturated rings. The second-order valence-corrected chi connectivity index (χ2v) is 4.27. The molecule has 0 saturated heterocycles. The van der Waals surface area contributed by atoms with Gasteiger partial charge in [0.15, 0.2) is 0 Å². The van der Waals surface area contributed by atoms with Crippen LogP contribution >= 0.6 is 11.6 Å². The number of hydrogen-bond acceptors (Lipinski definition) is 3. The van der Waals surface area contributed by atoms with E-state index in [0.717, 1.165) is 0 Å². The van der Waals surface area contributed by atoms with E-state index in [2.05, 4.69) is 5.32 Å². The molecule has 0 aromatic heterocycles. The van der Waals surface area contributed by atoms with Crippen molar-refractivity contribution in [3.8, 4) is 0 Å². The normalized spacial score (nSPS) is 10.2. The smallest absolute Gasteiger partial charge is 0.270 e. The van der Waals surface area contributed by atoms with E-state index in [4.69, 9.17) is 11.6 Å². The largest absolute Gasteiger partial charge is 0.379 e. The van der Waals surface area contributed by atoms with Gasteiger partial charge in [-0.05, 0) is 23.8 Å². The molecule has 98 valence electrons. The number of anilines is 1. The van der Waals surface area contributed by atoms with E-state index in [0.29, 0.717) is 11.3 Å². The Bertz CT molecular complexity index is 619. The Hall–Kier alpha value is -2.14. The molecule has 6 heteroatoms. The number of hydrogen-bond donors (Lipinski definition) is 1. The average Bonchev–Trinajstić information content (AvgIpc) is 2.39. The van der Waals surface area contributed by atoms with Gasteiger partial charge in [0.1, 0.15) is 5.82 Å². The molecule has 0 saturated carbocycles. The van der Waals surface area contributed by atoms with Crippen molar-refractivity contribution < 1.29 is 9.31 Å². The highest BCUT2D eigenvalue weighted by Crippen LogP contribution is 2.23. The Balaban J connectivity index is 2.12. The summed E-state index contributed by atoms with van der Waals surface area (Å²) in [5, 5.41) is 13.7. The number of non-ortho nitro benzene ring substituents is 1. The minimum Gasteiger partial charge on any atom is -0.379 e. The molecule has 0 atom stereocenters. The lowest BCUT2D eigenvalue weighted by Gasteiger charge is -2.08. The summed E-state index contributed by atoms with van der Waals surface area (Å²) in [7, 11) is 0. The second-order valence-electron chi connectivity index (χ2n) is 3.87. The van der Waals surface area contributed by atoms with Crippen molar-refractivity contribution in [1.29, 1.82) is 0 Å². The summed E-state index contributed by atoms with van der Waals surface area (Å²) in [5.41, 5.74) is 0.951. The Kier molecular flexibility index (Phi) is 3.97. The third kappa shape index (κ3) is 3.20. The van der Waals surface area contributed by atoms with Crippen LogP contribution in [-0.4, -0.2) is 4.92 Å². The van der Waals surface area contributed by atoms with Gasteiger partial charge in [-0.2, -0.15) is 0 Å². The predicted molar refractivity (Wildman–Crippen MR) is 71.8 cm³/mol. The van der Waals surface area contributed by atoms with Crippen molar-refractivity contribution in [1.82, 2.24) is 0 Å². The summed E-state index contributed by atoms with van der Waals surface area (Å²) in [6, 6.07) is 10.5. The van der Waals surface area contributed by atoms with Crippen molar-refractivity contribution in [3.63, 3.8) is 0 Å². The van der Waals surface area contributed by atoms with Crippen LogP contribution in [0.3, 0.4) is 0 Å². The van der Waals surface area contributed by atoms with Gasteiger partial charge in [-0.1, -0.05) is 23.7 Å². The summed E-state index contributed by atoms with van der Waals surface area (Å²) in [5.74, 6) is -0.361. The number of benzene rings is 2. The number of nitrogens with zero attached hydrogens (tertiary/aromatic N) is 1. The number of para-hydroxylation sites is 1. The molecule has 0 spiro atoms. The van der Waals surface area contributed by atoms with Gasteiger partial charge in [-0.3, -0.25) is 10.1 Å². The van der Waals surface area contributed by atoms with Crippen LogP contribution in [0.5, 0.6) is 0 Å². The third-order valence-electron chi connectivity index (χ3n) is 2.59. The van der Waals surface area contributed by atoms with Gasteiger partial charge in [-0.15, -0.1) is 0 Å². The van der Waals surface area contributed by atoms with Gasteiger partial charge in [0.2, 0.25) is 0 Å². The average molecular weight is 281 g/mol. The molecule has 19 heavy (non-hydrogen) atoms. The molecule has 0 unspecified atom stereocenters. The van der Waals surface area contributed by atoms with Crippen LogP contribution in [0.2, 0.25) is 5.02 Å². The molecule has 4 nitrogen and oxygen atoms in total. The molecule has 0 heterocycles. The summed E-state index contributed by atoms with van der Waals surface area (Å²) in [6.07, 6.45) is 0. The van der Waals surface area contributed by atoms with Crippen LogP contribution in [-0.2, 0) is 6.54 Å². The standard InChI is InChI=1S/C13H10ClFN2O2/c14-11-7-10(17(18)19)6-5-9(11)8-16-13-4-2-1-3-12(13)15/h1-7,16H,8H2. The van der Waals surface area contributed by atoms with E-state index in [9.17, 15) is 14.5 Å². The zero-order valence-electron chi connectivity index (χ0n) is 9.77. The molecule has 2 rings (SSSR count). The first kappa shape index (κ1) is 13.3. The molecule has 1 N–H and O–H groups in total. The van der Waals surface area contributed by atoms with Crippen LogP contribution in [0.4, 0.5) is 15.8 Å². The molecule has 2 aromatic carbocycles. The van der Waals surface area contributed by atoms with Crippen LogP contribution < -0.4 is 5.32 Å². The number of rotatable bonds is 4. The van der Waals surface area contributed by atoms with Crippen molar-refractivity contribution in [2.24, 2.45) is 0 Å². The fourth-order valence-electron chi connectivity index (χ4n) is 1.59. The van der Waals surface area contributed by atoms with E-state index < -0.39 is 4.92 Å². The van der Waals surface area contributed by atoms with Crippen molar-refractivity contribution in [2.45, 2.75) is 6.54 Å². The number of nitro groups is 1. The van der Waals surface area contributed by atoms with Crippen molar-refractivity contribution >= 4 is 23.0 Å². The highest BCUT2D eigenvalue weighted by atomic mass is 35.5. The lowest BCUT2D eigenvalue weighted by Crippen LogP contribution is -2.02. The van der Waals surface area contributed by atoms with Gasteiger partial charge >= 0.3 is 0 Å². The first-order valence-corrected chi connectivity index (χ1v) is 5.87. The molecule has 2 aromatic rings. The van der Waals surface area contributed by atoms with E-state index in [1.165, 1.54) is 18.2 Å². The third-order valence-corrected chi connectivity index (χ3v) is 2.94. The number of nitrogens with one attached hydrogen (secondary N) is 1. The summed E-state index contributed by atoms with van der Waals surface area (Å²) >= 11 is 5.94. The van der Waals surface area contributed by atoms with Gasteiger partial charge in [0.05, 0.1) is 15.6 Å². The summed E-state index contributed by atoms with van der Waals surface area (Å²) in [4.78, 5) is 10.1. The second kappa shape index (κ2) is 5.67. The summed E-state index contributed by atoms with van der Waals surface area (Å²) < 4.78 is 13.4. The first-order chi connectivity index (χ1) is 9.08. The minimum atomic E-state index is -0.514. The maximum absolute atomic E-state index is 13.4. The van der Waals surface area contributed by atoms with E-state index in [-0.39, 0.29) is 23.1 Å². The molecule has 0 radical (unpaired) electrons. The molecule has 0 bridgehead atoms. The quantitative estimate of drug-likeness (QED) is 0.680. The first-order valence-electron chi connectivity index (χ1n) is 5.49. The maximum atomic E-state index is 13.4. The van der Waals surface area contributed by atoms with Gasteiger partial charge in [0, 0.05) is 18.7 Å². The lowest BCUT2D eigenvalue weighted by molar-refractivity contribution is -0.384. The van der Waals surface area contributed by atoms with Crippen LogP contribution in [0.25, 0.3) is 0 Å². The molecule has 0 amide bonds. The van der Waals surface area contributed by atoms with Crippen LogP contribution in [0, 0.1) is 15.9 Å². The van der Waals surface area contributed by atoms with Gasteiger partial charge in [-0.25, -0.2) is 4.39 Å².